The second-order valence-corrected chi connectivity index (χ2v) is 9.28. The Kier molecular flexibility index (Phi) is 11.4. The molecule has 0 spiro atoms. The van der Waals surface area contributed by atoms with E-state index in [4.69, 9.17) is 5.41 Å². The first-order chi connectivity index (χ1) is 14.6. The average molecular weight is 441 g/mol. The molecule has 0 saturated heterocycles. The summed E-state index contributed by atoms with van der Waals surface area (Å²) in [4.78, 5) is 3.25. The highest BCUT2D eigenvalue weighted by Gasteiger charge is 2.17. The predicted octanol–water partition coefficient (Wildman–Crippen LogP) is 6.12. The molecule has 4 nitrogen and oxygen atoms in total. The molecule has 170 valence electrons. The van der Waals surface area contributed by atoms with E-state index in [1.165, 1.54) is 16.7 Å². The summed E-state index contributed by atoms with van der Waals surface area (Å²) in [5, 5.41) is 11.8. The molecular weight excluding hydrogens is 400 g/mol. The van der Waals surface area contributed by atoms with Gasteiger partial charge >= 0.3 is 0 Å². The fourth-order valence-electron chi connectivity index (χ4n) is 3.14. The first-order valence-corrected chi connectivity index (χ1v) is 11.6. The molecule has 3 N–H and O–H groups in total. The van der Waals surface area contributed by atoms with Crippen LogP contribution < -0.4 is 10.0 Å². The Labute approximate surface area is 194 Å². The third kappa shape index (κ3) is 8.42. The van der Waals surface area contributed by atoms with Crippen LogP contribution in [0.4, 0.5) is 0 Å². The summed E-state index contributed by atoms with van der Waals surface area (Å²) in [5.41, 5.74) is 6.09. The molecule has 1 rings (SSSR count). The average Bonchev–Trinajstić information content (AvgIpc) is 2.73. The molecule has 31 heavy (non-hydrogen) atoms. The molecule has 0 unspecified atom stereocenters. The number of hydrogen-bond donors (Lipinski definition) is 3. The lowest BCUT2D eigenvalue weighted by Crippen LogP contribution is -2.27. The standard InChI is InChI=1S/C26H40N4S/c1-10-20(17-30(8)9)16-21(11-2)22-12-14-23(15-13-22)31-29-26(24(27)18(3)4)25(28-7)19(5)6/h10-16,18-19,27-29H,1,17H2,2-9H3/b20-16+,21-11+,26-25+,27-24?. The first-order valence-electron chi connectivity index (χ1n) is 10.8. The van der Waals surface area contributed by atoms with E-state index in [1.54, 1.807) is 11.9 Å². The second-order valence-electron chi connectivity index (χ2n) is 8.40. The highest BCUT2D eigenvalue weighted by molar-refractivity contribution is 7.97. The van der Waals surface area contributed by atoms with Crippen molar-refractivity contribution in [1.82, 2.24) is 14.9 Å². The van der Waals surface area contributed by atoms with Gasteiger partial charge in [0.15, 0.2) is 0 Å². The van der Waals surface area contributed by atoms with Gasteiger partial charge in [-0.25, -0.2) is 0 Å². The summed E-state index contributed by atoms with van der Waals surface area (Å²) in [6, 6.07) is 8.53. The highest BCUT2D eigenvalue weighted by atomic mass is 32.2. The van der Waals surface area contributed by atoms with E-state index in [0.29, 0.717) is 11.6 Å². The van der Waals surface area contributed by atoms with Gasteiger partial charge in [0.25, 0.3) is 0 Å². The molecule has 0 aromatic heterocycles. The lowest BCUT2D eigenvalue weighted by Gasteiger charge is -2.21. The molecule has 0 amide bonds. The molecule has 0 aliphatic heterocycles. The minimum Gasteiger partial charge on any atom is -0.389 e. The summed E-state index contributed by atoms with van der Waals surface area (Å²) in [6.07, 6.45) is 6.25. The SMILES string of the molecule is C=C/C(=C\C(=C/C)c1ccc(SN/C(C(=N)C(C)C)=C(/NC)C(C)C)cc1)CN(C)C. The zero-order chi connectivity index (χ0) is 23.6. The molecule has 0 heterocycles. The van der Waals surface area contributed by atoms with Crippen molar-refractivity contribution in [3.63, 3.8) is 0 Å². The number of allylic oxidation sites excluding steroid dienone is 5. The number of nitrogens with one attached hydrogen (secondary N) is 3. The third-order valence-electron chi connectivity index (χ3n) is 4.83. The van der Waals surface area contributed by atoms with Crippen molar-refractivity contribution < 1.29 is 0 Å². The van der Waals surface area contributed by atoms with Gasteiger partial charge in [0.1, 0.15) is 0 Å². The Hall–Kier alpha value is -2.24. The number of benzene rings is 1. The van der Waals surface area contributed by atoms with Crippen LogP contribution in [0.25, 0.3) is 5.57 Å². The van der Waals surface area contributed by atoms with E-state index < -0.39 is 0 Å². The Morgan fingerprint density at radius 1 is 1.13 bits per heavy atom. The van der Waals surface area contributed by atoms with E-state index in [2.05, 4.69) is 107 Å². The quantitative estimate of drug-likeness (QED) is 0.208. The van der Waals surface area contributed by atoms with Gasteiger partial charge in [0, 0.05) is 24.2 Å². The van der Waals surface area contributed by atoms with Crippen LogP contribution in [0.15, 0.2) is 70.9 Å². The van der Waals surface area contributed by atoms with Crippen LogP contribution in [0.5, 0.6) is 0 Å². The third-order valence-corrected chi connectivity index (χ3v) is 5.65. The van der Waals surface area contributed by atoms with Gasteiger partial charge in [-0.3, -0.25) is 0 Å². The molecule has 5 heteroatoms. The number of nitrogens with zero attached hydrogens (tertiary/aromatic N) is 1. The van der Waals surface area contributed by atoms with E-state index in [-0.39, 0.29) is 5.92 Å². The maximum atomic E-state index is 8.54. The van der Waals surface area contributed by atoms with Gasteiger partial charge in [0.2, 0.25) is 0 Å². The first kappa shape index (κ1) is 26.8. The van der Waals surface area contributed by atoms with Crippen molar-refractivity contribution in [1.29, 1.82) is 5.41 Å². The van der Waals surface area contributed by atoms with Crippen LogP contribution in [-0.4, -0.2) is 38.3 Å². The van der Waals surface area contributed by atoms with Gasteiger partial charge in [-0.1, -0.05) is 64.6 Å². The lowest BCUT2D eigenvalue weighted by atomic mass is 10.00. The summed E-state index contributed by atoms with van der Waals surface area (Å²) < 4.78 is 3.44. The van der Waals surface area contributed by atoms with Crippen molar-refractivity contribution >= 4 is 23.2 Å². The van der Waals surface area contributed by atoms with Gasteiger partial charge < -0.3 is 20.3 Å². The van der Waals surface area contributed by atoms with Crippen molar-refractivity contribution in [2.75, 3.05) is 27.7 Å². The Morgan fingerprint density at radius 3 is 2.16 bits per heavy atom. The van der Waals surface area contributed by atoms with Crippen LogP contribution in [0.2, 0.25) is 0 Å². The van der Waals surface area contributed by atoms with E-state index >= 15 is 0 Å². The smallest absolute Gasteiger partial charge is 0.0851 e. The monoisotopic (exact) mass is 440 g/mol. The van der Waals surface area contributed by atoms with E-state index in [9.17, 15) is 0 Å². The molecule has 0 saturated carbocycles. The predicted molar refractivity (Wildman–Crippen MR) is 139 cm³/mol. The van der Waals surface area contributed by atoms with Crippen LogP contribution in [0.1, 0.15) is 40.2 Å². The minimum absolute atomic E-state index is 0.151. The van der Waals surface area contributed by atoms with Gasteiger partial charge in [-0.2, -0.15) is 0 Å². The number of rotatable bonds is 12. The normalized spacial score (nSPS) is 13.5. The summed E-state index contributed by atoms with van der Waals surface area (Å²) >= 11 is 1.54. The summed E-state index contributed by atoms with van der Waals surface area (Å²) in [5.74, 6) is 0.456. The molecule has 0 radical (unpaired) electrons. The van der Waals surface area contributed by atoms with Gasteiger partial charge in [0.05, 0.1) is 11.4 Å². The van der Waals surface area contributed by atoms with Crippen LogP contribution in [0, 0.1) is 17.2 Å². The van der Waals surface area contributed by atoms with Crippen LogP contribution >= 0.6 is 11.9 Å². The maximum Gasteiger partial charge on any atom is 0.0851 e. The van der Waals surface area contributed by atoms with Gasteiger partial charge in [-0.05, 0) is 73.6 Å². The van der Waals surface area contributed by atoms with Crippen molar-refractivity contribution in [2.24, 2.45) is 11.8 Å². The fraction of sp³-hybridized carbons (Fsp3) is 0.423. The summed E-state index contributed by atoms with van der Waals surface area (Å²) in [6.45, 7) is 15.3. The molecule has 0 fully saturated rings. The molecule has 1 aromatic carbocycles. The molecule has 0 bridgehead atoms. The van der Waals surface area contributed by atoms with Crippen molar-refractivity contribution in [3.8, 4) is 0 Å². The fourth-order valence-corrected chi connectivity index (χ4v) is 3.85. The molecule has 0 aliphatic rings. The highest BCUT2D eigenvalue weighted by Crippen LogP contribution is 2.24. The topological polar surface area (TPSA) is 51.2 Å². The van der Waals surface area contributed by atoms with Crippen molar-refractivity contribution in [3.05, 3.63) is 71.6 Å². The van der Waals surface area contributed by atoms with E-state index in [1.807, 2.05) is 13.1 Å². The molecule has 0 atom stereocenters. The number of likely N-dealkylation sites (N-methyl/N-ethyl adjacent to an activating group) is 1. The summed E-state index contributed by atoms with van der Waals surface area (Å²) in [7, 11) is 6.04. The molecular formula is C26H40N4S. The molecule has 0 aliphatic carbocycles. The maximum absolute atomic E-state index is 8.54. The largest absolute Gasteiger partial charge is 0.389 e. The van der Waals surface area contributed by atoms with E-state index in [0.717, 1.165) is 22.8 Å². The Morgan fingerprint density at radius 2 is 1.74 bits per heavy atom. The zero-order valence-corrected chi connectivity index (χ0v) is 21.3. The Bertz CT molecular complexity index is 827. The molecule has 1 aromatic rings. The zero-order valence-electron chi connectivity index (χ0n) is 20.5. The van der Waals surface area contributed by atoms with Crippen molar-refractivity contribution in [2.45, 2.75) is 39.5 Å². The lowest BCUT2D eigenvalue weighted by molar-refractivity contribution is 0.449. The number of hydrogen-bond acceptors (Lipinski definition) is 5. The Balaban J connectivity index is 3.06. The minimum atomic E-state index is 0.151. The van der Waals surface area contributed by atoms with Crippen LogP contribution in [-0.2, 0) is 0 Å². The van der Waals surface area contributed by atoms with Gasteiger partial charge in [-0.15, -0.1) is 0 Å². The second kappa shape index (κ2) is 13.2. The van der Waals surface area contributed by atoms with Crippen LogP contribution in [0.3, 0.4) is 0 Å².